The largest absolute Gasteiger partial charge is 0.483 e. The first-order chi connectivity index (χ1) is 10.0. The number of hydrogen-bond donors (Lipinski definition) is 1. The summed E-state index contributed by atoms with van der Waals surface area (Å²) in [5.41, 5.74) is 6.46. The van der Waals surface area contributed by atoms with Crippen LogP contribution in [0.5, 0.6) is 5.75 Å². The number of halogens is 3. The molecule has 0 spiro atoms. The highest BCUT2D eigenvalue weighted by Crippen LogP contribution is 2.32. The van der Waals surface area contributed by atoms with Crippen LogP contribution in [-0.4, -0.2) is 6.04 Å². The van der Waals surface area contributed by atoms with Crippen LogP contribution >= 0.6 is 15.9 Å². The summed E-state index contributed by atoms with van der Waals surface area (Å²) in [5.74, 6) is -0.324. The van der Waals surface area contributed by atoms with Crippen LogP contribution in [0, 0.1) is 11.6 Å². The fourth-order valence-corrected chi connectivity index (χ4v) is 2.45. The maximum absolute atomic E-state index is 14.0. The molecule has 5 heteroatoms. The topological polar surface area (TPSA) is 35.2 Å². The smallest absolute Gasteiger partial charge is 0.142 e. The van der Waals surface area contributed by atoms with Gasteiger partial charge in [-0.25, -0.2) is 8.78 Å². The van der Waals surface area contributed by atoms with Gasteiger partial charge in [-0.05, 0) is 46.6 Å². The molecule has 2 atom stereocenters. The van der Waals surface area contributed by atoms with Crippen molar-refractivity contribution in [2.24, 2.45) is 5.73 Å². The molecule has 2 nitrogen and oxygen atoms in total. The molecule has 2 aromatic carbocycles. The van der Waals surface area contributed by atoms with E-state index in [1.807, 2.05) is 6.92 Å². The third-order valence-electron chi connectivity index (χ3n) is 3.22. The Bertz CT molecular complexity index is 621. The highest BCUT2D eigenvalue weighted by atomic mass is 79.9. The molecule has 0 aliphatic carbocycles. The van der Waals surface area contributed by atoms with Crippen LogP contribution < -0.4 is 10.5 Å². The number of ether oxygens (including phenoxy) is 1. The van der Waals surface area contributed by atoms with Crippen LogP contribution in [-0.2, 0) is 0 Å². The fraction of sp³-hybridized carbons (Fsp3) is 0.250. The van der Waals surface area contributed by atoms with Gasteiger partial charge in [-0.15, -0.1) is 0 Å². The van der Waals surface area contributed by atoms with E-state index in [4.69, 9.17) is 10.5 Å². The summed E-state index contributed by atoms with van der Waals surface area (Å²) in [5, 5.41) is 0. The second-order valence-electron chi connectivity index (χ2n) is 4.71. The SMILES string of the molecule is CCC(N)C(Oc1ccc(F)cc1Br)c1ccccc1F. The first-order valence-electron chi connectivity index (χ1n) is 6.64. The van der Waals surface area contributed by atoms with E-state index < -0.39 is 6.10 Å². The highest BCUT2D eigenvalue weighted by molar-refractivity contribution is 9.10. The van der Waals surface area contributed by atoms with E-state index in [9.17, 15) is 8.78 Å². The number of rotatable bonds is 5. The molecule has 21 heavy (non-hydrogen) atoms. The molecule has 112 valence electrons. The maximum atomic E-state index is 14.0. The lowest BCUT2D eigenvalue weighted by Gasteiger charge is -2.25. The van der Waals surface area contributed by atoms with E-state index >= 15 is 0 Å². The van der Waals surface area contributed by atoms with Crippen molar-refractivity contribution < 1.29 is 13.5 Å². The third-order valence-corrected chi connectivity index (χ3v) is 3.84. The van der Waals surface area contributed by atoms with Crippen LogP contribution in [0.1, 0.15) is 25.0 Å². The molecule has 0 aromatic heterocycles. The van der Waals surface area contributed by atoms with Crippen LogP contribution in [0.25, 0.3) is 0 Å². The summed E-state index contributed by atoms with van der Waals surface area (Å²) in [7, 11) is 0. The van der Waals surface area contributed by atoms with Crippen LogP contribution in [0.2, 0.25) is 0 Å². The van der Waals surface area contributed by atoms with Gasteiger partial charge in [-0.3, -0.25) is 0 Å². The molecule has 0 radical (unpaired) electrons. The second-order valence-corrected chi connectivity index (χ2v) is 5.56. The Hall–Kier alpha value is -1.46. The van der Waals surface area contributed by atoms with Crippen molar-refractivity contribution in [3.8, 4) is 5.75 Å². The number of benzene rings is 2. The zero-order chi connectivity index (χ0) is 15.4. The molecule has 2 unspecified atom stereocenters. The lowest BCUT2D eigenvalue weighted by atomic mass is 10.0. The van der Waals surface area contributed by atoms with Gasteiger partial charge in [0.15, 0.2) is 0 Å². The monoisotopic (exact) mass is 355 g/mol. The Morgan fingerprint density at radius 3 is 2.52 bits per heavy atom. The number of nitrogens with two attached hydrogens (primary N) is 1. The molecule has 2 aromatic rings. The van der Waals surface area contributed by atoms with E-state index in [1.165, 1.54) is 24.3 Å². The summed E-state index contributed by atoms with van der Waals surface area (Å²) < 4.78 is 33.4. The minimum atomic E-state index is -0.641. The van der Waals surface area contributed by atoms with Crippen LogP contribution in [0.3, 0.4) is 0 Å². The van der Waals surface area contributed by atoms with Crippen LogP contribution in [0.15, 0.2) is 46.9 Å². The normalized spacial score (nSPS) is 13.8. The van der Waals surface area contributed by atoms with Gasteiger partial charge in [0.2, 0.25) is 0 Å². The number of hydrogen-bond acceptors (Lipinski definition) is 2. The highest BCUT2D eigenvalue weighted by Gasteiger charge is 2.24. The van der Waals surface area contributed by atoms with E-state index in [0.29, 0.717) is 22.2 Å². The quantitative estimate of drug-likeness (QED) is 0.851. The Kier molecular flexibility index (Phi) is 5.31. The minimum absolute atomic E-state index is 0.371. The Labute approximate surface area is 131 Å². The lowest BCUT2D eigenvalue weighted by Crippen LogP contribution is -2.32. The fourth-order valence-electron chi connectivity index (χ4n) is 2.01. The standard InChI is InChI=1S/C16H16BrF2NO/c1-2-14(20)16(11-5-3-4-6-13(11)19)21-15-8-7-10(18)9-12(15)17/h3-9,14,16H,2,20H2,1H3. The Morgan fingerprint density at radius 1 is 1.19 bits per heavy atom. The third kappa shape index (κ3) is 3.80. The summed E-state index contributed by atoms with van der Waals surface area (Å²) in [6.07, 6.45) is -0.0179. The van der Waals surface area contributed by atoms with Gasteiger partial charge in [0.25, 0.3) is 0 Å². The minimum Gasteiger partial charge on any atom is -0.483 e. The molecular weight excluding hydrogens is 340 g/mol. The van der Waals surface area contributed by atoms with Crippen molar-refractivity contribution >= 4 is 15.9 Å². The van der Waals surface area contributed by atoms with Crippen molar-refractivity contribution in [3.05, 3.63) is 64.1 Å². The van der Waals surface area contributed by atoms with Gasteiger partial charge in [0.05, 0.1) is 4.47 Å². The van der Waals surface area contributed by atoms with Gasteiger partial charge in [-0.2, -0.15) is 0 Å². The Morgan fingerprint density at radius 2 is 1.90 bits per heavy atom. The summed E-state index contributed by atoms with van der Waals surface area (Å²) in [6.45, 7) is 1.90. The van der Waals surface area contributed by atoms with E-state index in [0.717, 1.165) is 0 Å². The van der Waals surface area contributed by atoms with E-state index in [-0.39, 0.29) is 17.7 Å². The predicted molar refractivity (Wildman–Crippen MR) is 82.1 cm³/mol. The van der Waals surface area contributed by atoms with E-state index in [2.05, 4.69) is 15.9 Å². The predicted octanol–water partition coefficient (Wildman–Crippen LogP) is 4.58. The van der Waals surface area contributed by atoms with Gasteiger partial charge in [0, 0.05) is 11.6 Å². The molecule has 0 saturated heterocycles. The van der Waals surface area contributed by atoms with Gasteiger partial charge >= 0.3 is 0 Å². The van der Waals surface area contributed by atoms with Crippen LogP contribution in [0.4, 0.5) is 8.78 Å². The van der Waals surface area contributed by atoms with Crippen molar-refractivity contribution in [1.29, 1.82) is 0 Å². The summed E-state index contributed by atoms with van der Waals surface area (Å²) in [6, 6.07) is 10.1. The molecule has 2 N–H and O–H groups in total. The zero-order valence-electron chi connectivity index (χ0n) is 11.5. The van der Waals surface area contributed by atoms with Crippen molar-refractivity contribution in [2.75, 3.05) is 0 Å². The molecule has 0 saturated carbocycles. The summed E-state index contributed by atoms with van der Waals surface area (Å²) in [4.78, 5) is 0. The molecular formula is C16H16BrF2NO. The first kappa shape index (κ1) is 15.9. The summed E-state index contributed by atoms with van der Waals surface area (Å²) >= 11 is 3.24. The Balaban J connectivity index is 2.35. The van der Waals surface area contributed by atoms with Gasteiger partial charge < -0.3 is 10.5 Å². The average Bonchev–Trinajstić information content (AvgIpc) is 2.47. The maximum Gasteiger partial charge on any atom is 0.142 e. The van der Waals surface area contributed by atoms with Gasteiger partial charge in [0.1, 0.15) is 23.5 Å². The molecule has 2 rings (SSSR count). The zero-order valence-corrected chi connectivity index (χ0v) is 13.1. The molecule has 0 fully saturated rings. The molecule has 0 amide bonds. The van der Waals surface area contributed by atoms with E-state index in [1.54, 1.807) is 18.2 Å². The average molecular weight is 356 g/mol. The molecule has 0 heterocycles. The van der Waals surface area contributed by atoms with Crippen molar-refractivity contribution in [1.82, 2.24) is 0 Å². The lowest BCUT2D eigenvalue weighted by molar-refractivity contribution is 0.165. The van der Waals surface area contributed by atoms with Crippen molar-refractivity contribution in [3.63, 3.8) is 0 Å². The molecule has 0 aliphatic rings. The first-order valence-corrected chi connectivity index (χ1v) is 7.44. The molecule has 0 bridgehead atoms. The van der Waals surface area contributed by atoms with Gasteiger partial charge in [-0.1, -0.05) is 25.1 Å². The molecule has 0 aliphatic heterocycles. The second kappa shape index (κ2) is 7.00. The van der Waals surface area contributed by atoms with Crippen molar-refractivity contribution in [2.45, 2.75) is 25.5 Å².